The molecule has 2 aliphatic rings. The molecular formula is C14H27ClN2O2. The number of halogens is 1. The van der Waals surface area contributed by atoms with E-state index in [1.165, 1.54) is 32.1 Å². The molecule has 0 aromatic rings. The van der Waals surface area contributed by atoms with Gasteiger partial charge in [0.1, 0.15) is 6.04 Å². The van der Waals surface area contributed by atoms with Gasteiger partial charge in [-0.1, -0.05) is 19.3 Å². The van der Waals surface area contributed by atoms with Crippen molar-refractivity contribution in [3.05, 3.63) is 0 Å². The number of carbonyl (C=O) groups is 1. The minimum atomic E-state index is -0.490. The first-order valence-corrected chi connectivity index (χ1v) is 7.27. The van der Waals surface area contributed by atoms with Crippen molar-refractivity contribution in [2.45, 2.75) is 57.0 Å². The molecule has 0 heterocycles. The molecule has 112 valence electrons. The first kappa shape index (κ1) is 16.7. The van der Waals surface area contributed by atoms with Crippen molar-refractivity contribution >= 4 is 18.3 Å². The lowest BCUT2D eigenvalue weighted by Gasteiger charge is -2.36. The third kappa shape index (κ3) is 4.93. The van der Waals surface area contributed by atoms with Crippen LogP contribution in [0.2, 0.25) is 0 Å². The van der Waals surface area contributed by atoms with E-state index >= 15 is 0 Å². The van der Waals surface area contributed by atoms with Crippen molar-refractivity contribution in [2.24, 2.45) is 11.7 Å². The van der Waals surface area contributed by atoms with E-state index in [9.17, 15) is 4.79 Å². The zero-order valence-electron chi connectivity index (χ0n) is 11.8. The number of hydrogen-bond donors (Lipinski definition) is 1. The Morgan fingerprint density at radius 2 is 1.89 bits per heavy atom. The van der Waals surface area contributed by atoms with Crippen LogP contribution in [0.3, 0.4) is 0 Å². The van der Waals surface area contributed by atoms with Crippen molar-refractivity contribution in [2.75, 3.05) is 20.3 Å². The first-order valence-electron chi connectivity index (χ1n) is 7.27. The fourth-order valence-electron chi connectivity index (χ4n) is 2.85. The molecule has 0 spiro atoms. The molecule has 5 heteroatoms. The van der Waals surface area contributed by atoms with E-state index in [4.69, 9.17) is 10.5 Å². The Kier molecular flexibility index (Phi) is 7.11. The second kappa shape index (κ2) is 8.08. The Balaban J connectivity index is 0.00000180. The number of carbonyl (C=O) groups excluding carboxylic acids is 1. The summed E-state index contributed by atoms with van der Waals surface area (Å²) in [5.41, 5.74) is 5.92. The van der Waals surface area contributed by atoms with Gasteiger partial charge in [-0.15, -0.1) is 12.4 Å². The minimum absolute atomic E-state index is 0. The molecule has 19 heavy (non-hydrogen) atoms. The normalized spacial score (nSPS) is 21.6. The summed E-state index contributed by atoms with van der Waals surface area (Å²) in [6.45, 7) is 1.24. The highest BCUT2D eigenvalue weighted by molar-refractivity contribution is 5.85. The molecule has 4 nitrogen and oxygen atoms in total. The highest BCUT2D eigenvalue weighted by Crippen LogP contribution is 2.32. The van der Waals surface area contributed by atoms with Gasteiger partial charge in [0.15, 0.2) is 0 Å². The van der Waals surface area contributed by atoms with Crippen LogP contribution in [0.4, 0.5) is 0 Å². The molecule has 0 aromatic heterocycles. The average molecular weight is 291 g/mol. The predicted molar refractivity (Wildman–Crippen MR) is 78.4 cm³/mol. The molecule has 0 aromatic carbocycles. The number of methoxy groups -OCH3 is 1. The highest BCUT2D eigenvalue weighted by atomic mass is 35.5. The van der Waals surface area contributed by atoms with Crippen LogP contribution in [-0.2, 0) is 9.53 Å². The minimum Gasteiger partial charge on any atom is -0.383 e. The Morgan fingerprint density at radius 3 is 2.42 bits per heavy atom. The maximum atomic E-state index is 12.4. The van der Waals surface area contributed by atoms with Crippen molar-refractivity contribution in [3.8, 4) is 0 Å². The van der Waals surface area contributed by atoms with Crippen LogP contribution in [-0.4, -0.2) is 43.2 Å². The van der Waals surface area contributed by atoms with Crippen molar-refractivity contribution < 1.29 is 9.53 Å². The van der Waals surface area contributed by atoms with Gasteiger partial charge >= 0.3 is 0 Å². The fraction of sp³-hybridized carbons (Fsp3) is 0.929. The van der Waals surface area contributed by atoms with Gasteiger partial charge in [-0.2, -0.15) is 0 Å². The van der Waals surface area contributed by atoms with Crippen LogP contribution in [0.1, 0.15) is 44.9 Å². The Hall–Kier alpha value is -0.320. The van der Waals surface area contributed by atoms with Crippen molar-refractivity contribution in [1.29, 1.82) is 0 Å². The first-order chi connectivity index (χ1) is 8.72. The summed E-state index contributed by atoms with van der Waals surface area (Å²) in [7, 11) is 1.60. The maximum absolute atomic E-state index is 12.4. The molecule has 2 saturated carbocycles. The van der Waals surface area contributed by atoms with E-state index in [0.29, 0.717) is 12.6 Å². The van der Waals surface area contributed by atoms with Gasteiger partial charge in [-0.3, -0.25) is 4.79 Å². The van der Waals surface area contributed by atoms with Gasteiger partial charge in [-0.05, 0) is 31.6 Å². The lowest BCUT2D eigenvalue weighted by atomic mass is 9.93. The zero-order chi connectivity index (χ0) is 13.0. The summed E-state index contributed by atoms with van der Waals surface area (Å²) >= 11 is 0. The molecular weight excluding hydrogens is 264 g/mol. The van der Waals surface area contributed by atoms with E-state index < -0.39 is 6.04 Å². The molecule has 0 bridgehead atoms. The summed E-state index contributed by atoms with van der Waals surface area (Å²) in [6, 6.07) is -0.0644. The zero-order valence-corrected chi connectivity index (χ0v) is 12.7. The molecule has 2 aliphatic carbocycles. The van der Waals surface area contributed by atoms with Crippen molar-refractivity contribution in [1.82, 2.24) is 4.90 Å². The second-order valence-electron chi connectivity index (χ2n) is 5.79. The van der Waals surface area contributed by atoms with Gasteiger partial charge in [0.05, 0.1) is 6.61 Å². The van der Waals surface area contributed by atoms with E-state index in [0.717, 1.165) is 25.3 Å². The number of nitrogens with zero attached hydrogens (tertiary/aromatic N) is 1. The third-order valence-electron chi connectivity index (χ3n) is 4.11. The van der Waals surface area contributed by atoms with Crippen LogP contribution in [0, 0.1) is 5.92 Å². The maximum Gasteiger partial charge on any atom is 0.242 e. The van der Waals surface area contributed by atoms with Crippen LogP contribution < -0.4 is 5.73 Å². The molecule has 1 amide bonds. The van der Waals surface area contributed by atoms with Crippen LogP contribution in [0.5, 0.6) is 0 Å². The Labute approximate surface area is 122 Å². The molecule has 1 unspecified atom stereocenters. The number of hydrogen-bond acceptors (Lipinski definition) is 3. The number of amides is 1. The van der Waals surface area contributed by atoms with Gasteiger partial charge in [0, 0.05) is 19.7 Å². The largest absolute Gasteiger partial charge is 0.383 e. The summed E-state index contributed by atoms with van der Waals surface area (Å²) in [5.74, 6) is 0.821. The highest BCUT2D eigenvalue weighted by Gasteiger charge is 2.33. The number of ether oxygens (including phenoxy) is 1. The topological polar surface area (TPSA) is 55.6 Å². The van der Waals surface area contributed by atoms with E-state index in [1.54, 1.807) is 7.11 Å². The molecule has 2 fully saturated rings. The SMILES string of the molecule is COCC(N)C(=O)N(CC1CC1)C1CCCCC1.Cl. The second-order valence-corrected chi connectivity index (χ2v) is 5.79. The Bertz CT molecular complexity index is 279. The number of nitrogens with two attached hydrogens (primary N) is 1. The van der Waals surface area contributed by atoms with Gasteiger partial charge in [0.25, 0.3) is 0 Å². The van der Waals surface area contributed by atoms with Gasteiger partial charge in [-0.25, -0.2) is 0 Å². The van der Waals surface area contributed by atoms with Gasteiger partial charge in [0.2, 0.25) is 5.91 Å². The Morgan fingerprint density at radius 1 is 1.26 bits per heavy atom. The predicted octanol–water partition coefficient (Wildman–Crippen LogP) is 1.95. The monoisotopic (exact) mass is 290 g/mol. The summed E-state index contributed by atoms with van der Waals surface area (Å²) in [4.78, 5) is 14.5. The average Bonchev–Trinajstić information content (AvgIpc) is 3.20. The van der Waals surface area contributed by atoms with Crippen molar-refractivity contribution in [3.63, 3.8) is 0 Å². The molecule has 0 radical (unpaired) electrons. The van der Waals surface area contributed by atoms with Gasteiger partial charge < -0.3 is 15.4 Å². The number of rotatable bonds is 6. The molecule has 2 N–H and O–H groups in total. The molecule has 2 rings (SSSR count). The van der Waals surface area contributed by atoms with Crippen LogP contribution in [0.25, 0.3) is 0 Å². The van der Waals surface area contributed by atoms with Crippen LogP contribution in [0.15, 0.2) is 0 Å². The fourth-order valence-corrected chi connectivity index (χ4v) is 2.85. The molecule has 0 aliphatic heterocycles. The third-order valence-corrected chi connectivity index (χ3v) is 4.11. The standard InChI is InChI=1S/C14H26N2O2.ClH/c1-18-10-13(15)14(17)16(9-11-7-8-11)12-5-3-2-4-6-12;/h11-13H,2-10,15H2,1H3;1H. The quantitative estimate of drug-likeness (QED) is 0.813. The lowest BCUT2D eigenvalue weighted by molar-refractivity contribution is -0.137. The summed E-state index contributed by atoms with van der Waals surface area (Å²) in [6.07, 6.45) is 8.66. The molecule has 0 saturated heterocycles. The van der Waals surface area contributed by atoms with E-state index in [-0.39, 0.29) is 18.3 Å². The van der Waals surface area contributed by atoms with E-state index in [1.807, 2.05) is 0 Å². The van der Waals surface area contributed by atoms with E-state index in [2.05, 4.69) is 4.90 Å². The lowest BCUT2D eigenvalue weighted by Crippen LogP contribution is -2.51. The summed E-state index contributed by atoms with van der Waals surface area (Å²) < 4.78 is 5.01. The smallest absolute Gasteiger partial charge is 0.242 e. The molecule has 1 atom stereocenters. The summed E-state index contributed by atoms with van der Waals surface area (Å²) in [5, 5.41) is 0. The van der Waals surface area contributed by atoms with Crippen LogP contribution >= 0.6 is 12.4 Å².